The molecule has 144 valence electrons. The molecule has 3 rings (SSSR count). The predicted octanol–water partition coefficient (Wildman–Crippen LogP) is 5.11. The van der Waals surface area contributed by atoms with E-state index in [0.29, 0.717) is 12.0 Å². The normalized spacial score (nSPS) is 20.3. The topological polar surface area (TPSA) is 32.3 Å². The summed E-state index contributed by atoms with van der Waals surface area (Å²) in [6, 6.07) is 6.76. The van der Waals surface area contributed by atoms with Crippen LogP contribution in [0.1, 0.15) is 92.7 Å². The van der Waals surface area contributed by atoms with Gasteiger partial charge in [0, 0.05) is 18.2 Å². The molecule has 1 saturated carbocycles. The van der Waals surface area contributed by atoms with Crippen molar-refractivity contribution in [3.8, 4) is 0 Å². The first-order valence-electron chi connectivity index (χ1n) is 10.9. The summed E-state index contributed by atoms with van der Waals surface area (Å²) in [5.41, 5.74) is 3.63. The highest BCUT2D eigenvalue weighted by molar-refractivity contribution is 5.96. The van der Waals surface area contributed by atoms with E-state index in [0.717, 1.165) is 38.0 Å². The van der Waals surface area contributed by atoms with Gasteiger partial charge in [-0.2, -0.15) is 0 Å². The molecule has 1 atom stereocenters. The molecule has 26 heavy (non-hydrogen) atoms. The Bertz CT molecular complexity index is 586. The molecule has 1 fully saturated rings. The van der Waals surface area contributed by atoms with Crippen LogP contribution in [0.5, 0.6) is 0 Å². The minimum Gasteiger partial charge on any atom is -0.352 e. The number of amides is 1. The second-order valence-electron chi connectivity index (χ2n) is 8.18. The summed E-state index contributed by atoms with van der Waals surface area (Å²) in [7, 11) is 0. The second-order valence-corrected chi connectivity index (χ2v) is 8.18. The number of aryl methyl sites for hydroxylation is 1. The van der Waals surface area contributed by atoms with E-state index in [9.17, 15) is 4.79 Å². The summed E-state index contributed by atoms with van der Waals surface area (Å²) in [5.74, 6) is 0.823. The molecule has 0 aromatic heterocycles. The Labute approximate surface area is 159 Å². The third-order valence-corrected chi connectivity index (χ3v) is 6.20. The highest BCUT2D eigenvalue weighted by Gasteiger charge is 2.31. The van der Waals surface area contributed by atoms with E-state index in [4.69, 9.17) is 0 Å². The number of hydrogen-bond donors (Lipinski definition) is 1. The molecule has 3 nitrogen and oxygen atoms in total. The molecule has 0 unspecified atom stereocenters. The van der Waals surface area contributed by atoms with E-state index in [1.54, 1.807) is 0 Å². The van der Waals surface area contributed by atoms with Crippen LogP contribution in [-0.4, -0.2) is 30.4 Å². The van der Waals surface area contributed by atoms with Gasteiger partial charge in [-0.05, 0) is 74.7 Å². The first kappa shape index (κ1) is 19.4. The summed E-state index contributed by atoms with van der Waals surface area (Å²) in [5, 5.41) is 3.26. The number of carbonyl (C=O) groups is 1. The van der Waals surface area contributed by atoms with Crippen molar-refractivity contribution in [2.75, 3.05) is 19.6 Å². The molecule has 0 bridgehead atoms. The minimum absolute atomic E-state index is 0.146. The van der Waals surface area contributed by atoms with Gasteiger partial charge in [0.05, 0.1) is 0 Å². The van der Waals surface area contributed by atoms with E-state index in [1.165, 1.54) is 56.1 Å². The summed E-state index contributed by atoms with van der Waals surface area (Å²) in [4.78, 5) is 15.6. The maximum atomic E-state index is 13.0. The fraction of sp³-hybridized carbons (Fsp3) is 0.696. The third-order valence-electron chi connectivity index (χ3n) is 6.20. The maximum absolute atomic E-state index is 13.0. The Morgan fingerprint density at radius 3 is 2.50 bits per heavy atom. The first-order valence-corrected chi connectivity index (χ1v) is 10.9. The molecule has 1 amide bonds. The Kier molecular flexibility index (Phi) is 7.13. The molecule has 2 aliphatic rings. The van der Waals surface area contributed by atoms with Crippen molar-refractivity contribution in [3.05, 3.63) is 34.9 Å². The Hall–Kier alpha value is -1.35. The average molecular weight is 357 g/mol. The number of carbonyl (C=O) groups excluding carboxylic acids is 1. The first-order chi connectivity index (χ1) is 12.7. The zero-order valence-corrected chi connectivity index (χ0v) is 16.7. The molecule has 0 aliphatic heterocycles. The van der Waals surface area contributed by atoms with Gasteiger partial charge in [-0.1, -0.05) is 45.2 Å². The molecule has 0 radical (unpaired) electrons. The fourth-order valence-electron chi connectivity index (χ4n) is 4.95. The SMILES string of the molecule is CCCN(CCC)[C@H]1CCc2cccc(C(=O)NCC3CCCCC3)c21. The van der Waals surface area contributed by atoms with Crippen LogP contribution in [0, 0.1) is 5.92 Å². The molecule has 1 aromatic carbocycles. The van der Waals surface area contributed by atoms with Crippen molar-refractivity contribution in [2.45, 2.75) is 77.7 Å². The molecule has 0 spiro atoms. The van der Waals surface area contributed by atoms with E-state index in [-0.39, 0.29) is 5.91 Å². The van der Waals surface area contributed by atoms with Gasteiger partial charge in [0.15, 0.2) is 0 Å². The Morgan fingerprint density at radius 1 is 1.08 bits per heavy atom. The van der Waals surface area contributed by atoms with E-state index in [2.05, 4.69) is 36.2 Å². The Balaban J connectivity index is 1.74. The predicted molar refractivity (Wildman–Crippen MR) is 109 cm³/mol. The Morgan fingerprint density at radius 2 is 1.81 bits per heavy atom. The van der Waals surface area contributed by atoms with Crippen molar-refractivity contribution < 1.29 is 4.79 Å². The quantitative estimate of drug-likeness (QED) is 0.702. The second kappa shape index (κ2) is 9.55. The molecule has 1 aromatic rings. The molecule has 3 heteroatoms. The van der Waals surface area contributed by atoms with E-state index in [1.807, 2.05) is 6.07 Å². The van der Waals surface area contributed by atoms with Gasteiger partial charge in [-0.15, -0.1) is 0 Å². The largest absolute Gasteiger partial charge is 0.352 e. The van der Waals surface area contributed by atoms with Crippen molar-refractivity contribution in [1.82, 2.24) is 10.2 Å². The summed E-state index contributed by atoms with van der Waals surface area (Å²) >= 11 is 0. The lowest BCUT2D eigenvalue weighted by molar-refractivity contribution is 0.0939. The van der Waals surface area contributed by atoms with Crippen LogP contribution >= 0.6 is 0 Å². The van der Waals surface area contributed by atoms with Crippen LogP contribution < -0.4 is 5.32 Å². The number of hydrogen-bond acceptors (Lipinski definition) is 2. The zero-order chi connectivity index (χ0) is 18.4. The fourth-order valence-corrected chi connectivity index (χ4v) is 4.95. The molecule has 2 aliphatic carbocycles. The lowest BCUT2D eigenvalue weighted by Crippen LogP contribution is -2.33. The van der Waals surface area contributed by atoms with Crippen LogP contribution in [0.3, 0.4) is 0 Å². The number of nitrogens with zero attached hydrogens (tertiary/aromatic N) is 1. The van der Waals surface area contributed by atoms with Gasteiger partial charge in [0.1, 0.15) is 0 Å². The van der Waals surface area contributed by atoms with Crippen LogP contribution in [-0.2, 0) is 6.42 Å². The lowest BCUT2D eigenvalue weighted by Gasteiger charge is -2.30. The van der Waals surface area contributed by atoms with Crippen molar-refractivity contribution in [1.29, 1.82) is 0 Å². The standard InChI is InChI=1S/C23H36N2O/c1-3-15-25(16-4-2)21-14-13-19-11-8-12-20(22(19)21)23(26)24-17-18-9-6-5-7-10-18/h8,11-12,18,21H,3-7,9-10,13-17H2,1-2H3,(H,24,26)/t21-/m0/s1. The minimum atomic E-state index is 0.146. The van der Waals surface area contributed by atoms with Crippen molar-refractivity contribution >= 4 is 5.91 Å². The highest BCUT2D eigenvalue weighted by Crippen LogP contribution is 2.38. The molecule has 0 heterocycles. The van der Waals surface area contributed by atoms with Crippen molar-refractivity contribution in [2.24, 2.45) is 5.92 Å². The summed E-state index contributed by atoms with van der Waals surface area (Å²) in [6.45, 7) is 7.59. The molecular formula is C23H36N2O. The lowest BCUT2D eigenvalue weighted by atomic mass is 9.89. The smallest absolute Gasteiger partial charge is 0.251 e. The van der Waals surface area contributed by atoms with Crippen LogP contribution in [0.2, 0.25) is 0 Å². The van der Waals surface area contributed by atoms with Gasteiger partial charge in [0.25, 0.3) is 5.91 Å². The van der Waals surface area contributed by atoms with Gasteiger partial charge in [-0.25, -0.2) is 0 Å². The number of nitrogens with one attached hydrogen (secondary N) is 1. The monoisotopic (exact) mass is 356 g/mol. The maximum Gasteiger partial charge on any atom is 0.251 e. The molecule has 0 saturated heterocycles. The zero-order valence-electron chi connectivity index (χ0n) is 16.7. The van der Waals surface area contributed by atoms with E-state index < -0.39 is 0 Å². The van der Waals surface area contributed by atoms with Gasteiger partial charge >= 0.3 is 0 Å². The van der Waals surface area contributed by atoms with Gasteiger partial charge < -0.3 is 5.32 Å². The van der Waals surface area contributed by atoms with Gasteiger partial charge in [0.2, 0.25) is 0 Å². The molecular weight excluding hydrogens is 320 g/mol. The number of fused-ring (bicyclic) bond motifs is 1. The van der Waals surface area contributed by atoms with Crippen LogP contribution in [0.25, 0.3) is 0 Å². The van der Waals surface area contributed by atoms with Crippen LogP contribution in [0.4, 0.5) is 0 Å². The molecule has 1 N–H and O–H groups in total. The van der Waals surface area contributed by atoms with Crippen molar-refractivity contribution in [3.63, 3.8) is 0 Å². The summed E-state index contributed by atoms with van der Waals surface area (Å²) in [6.07, 6.45) is 11.2. The average Bonchev–Trinajstić information content (AvgIpc) is 3.11. The number of rotatable bonds is 8. The van der Waals surface area contributed by atoms with Crippen LogP contribution in [0.15, 0.2) is 18.2 Å². The van der Waals surface area contributed by atoms with Gasteiger partial charge in [-0.3, -0.25) is 9.69 Å². The highest BCUT2D eigenvalue weighted by atomic mass is 16.1. The third kappa shape index (κ3) is 4.49. The summed E-state index contributed by atoms with van der Waals surface area (Å²) < 4.78 is 0. The number of benzene rings is 1. The van der Waals surface area contributed by atoms with E-state index >= 15 is 0 Å².